The first-order valence-corrected chi connectivity index (χ1v) is 5.90. The third-order valence-electron chi connectivity index (χ3n) is 2.31. The van der Waals surface area contributed by atoms with E-state index in [1.54, 1.807) is 12.1 Å². The fourth-order valence-corrected chi connectivity index (χ4v) is 1.56. The molecule has 2 amide bonds. The molecule has 0 spiro atoms. The topological polar surface area (TPSA) is 78.9 Å². The van der Waals surface area contributed by atoms with Crippen molar-refractivity contribution >= 4 is 29.3 Å². The fourth-order valence-electron chi connectivity index (χ4n) is 1.39. The number of urea groups is 1. The summed E-state index contributed by atoms with van der Waals surface area (Å²) < 4.78 is 5.01. The number of amides is 2. The second kappa shape index (κ2) is 7.26. The SMILES string of the molecule is C#CCN(CC(=O)O)C(=O)Nc1cc(OC)ccc1Cl. The zero-order valence-electron chi connectivity index (χ0n) is 10.7. The first-order valence-electron chi connectivity index (χ1n) is 5.52. The number of carbonyl (C=O) groups is 2. The molecule has 0 saturated carbocycles. The molecule has 0 bridgehead atoms. The predicted molar refractivity (Wildman–Crippen MR) is 75.1 cm³/mol. The van der Waals surface area contributed by atoms with Gasteiger partial charge in [0.25, 0.3) is 0 Å². The number of terminal acetylenes is 1. The minimum Gasteiger partial charge on any atom is -0.497 e. The monoisotopic (exact) mass is 296 g/mol. The maximum absolute atomic E-state index is 11.9. The van der Waals surface area contributed by atoms with Crippen molar-refractivity contribution in [3.8, 4) is 18.1 Å². The summed E-state index contributed by atoms with van der Waals surface area (Å²) in [6.45, 7) is -0.628. The highest BCUT2D eigenvalue weighted by molar-refractivity contribution is 6.33. The number of ether oxygens (including phenoxy) is 1. The van der Waals surface area contributed by atoms with E-state index in [0.29, 0.717) is 16.5 Å². The van der Waals surface area contributed by atoms with Gasteiger partial charge in [-0.05, 0) is 12.1 Å². The lowest BCUT2D eigenvalue weighted by atomic mass is 10.3. The quantitative estimate of drug-likeness (QED) is 0.813. The summed E-state index contributed by atoms with van der Waals surface area (Å²) in [6, 6.07) is 4.06. The smallest absolute Gasteiger partial charge is 0.323 e. The molecule has 1 aromatic rings. The number of hydrogen-bond donors (Lipinski definition) is 2. The molecular formula is C13H13ClN2O4. The van der Waals surface area contributed by atoms with Crippen LogP contribution in [-0.2, 0) is 4.79 Å². The maximum atomic E-state index is 11.9. The number of anilines is 1. The van der Waals surface area contributed by atoms with Crippen molar-refractivity contribution in [3.05, 3.63) is 23.2 Å². The van der Waals surface area contributed by atoms with Crippen molar-refractivity contribution in [1.29, 1.82) is 0 Å². The summed E-state index contributed by atoms with van der Waals surface area (Å²) >= 11 is 5.94. The van der Waals surface area contributed by atoms with Gasteiger partial charge in [0.05, 0.1) is 24.4 Å². The number of carboxylic acids is 1. The predicted octanol–water partition coefficient (Wildman–Crippen LogP) is 1.90. The van der Waals surface area contributed by atoms with E-state index in [9.17, 15) is 9.59 Å². The van der Waals surface area contributed by atoms with Gasteiger partial charge in [-0.25, -0.2) is 4.79 Å². The van der Waals surface area contributed by atoms with Crippen LogP contribution >= 0.6 is 11.6 Å². The van der Waals surface area contributed by atoms with Crippen molar-refractivity contribution < 1.29 is 19.4 Å². The number of hydrogen-bond acceptors (Lipinski definition) is 3. The zero-order valence-corrected chi connectivity index (χ0v) is 11.5. The summed E-state index contributed by atoms with van der Waals surface area (Å²) in [5, 5.41) is 11.5. The van der Waals surface area contributed by atoms with Crippen LogP contribution in [0.5, 0.6) is 5.75 Å². The molecule has 0 unspecified atom stereocenters. The zero-order chi connectivity index (χ0) is 15.1. The number of rotatable bonds is 5. The van der Waals surface area contributed by atoms with Crippen molar-refractivity contribution in [2.75, 3.05) is 25.5 Å². The van der Waals surface area contributed by atoms with E-state index in [1.807, 2.05) is 0 Å². The summed E-state index contributed by atoms with van der Waals surface area (Å²) in [7, 11) is 1.48. The van der Waals surface area contributed by atoms with Crippen LogP contribution in [0.2, 0.25) is 5.02 Å². The molecule has 106 valence electrons. The van der Waals surface area contributed by atoms with Gasteiger partial charge in [-0.1, -0.05) is 17.5 Å². The molecule has 0 aromatic heterocycles. The van der Waals surface area contributed by atoms with Crippen molar-refractivity contribution in [2.24, 2.45) is 0 Å². The van der Waals surface area contributed by atoms with Gasteiger partial charge < -0.3 is 20.1 Å². The average molecular weight is 297 g/mol. The number of halogens is 1. The highest BCUT2D eigenvalue weighted by Gasteiger charge is 2.17. The summed E-state index contributed by atoms with van der Waals surface area (Å²) in [5.41, 5.74) is 0.309. The van der Waals surface area contributed by atoms with E-state index in [2.05, 4.69) is 11.2 Å². The molecule has 2 N–H and O–H groups in total. The van der Waals surface area contributed by atoms with Gasteiger partial charge >= 0.3 is 12.0 Å². The second-order valence-corrected chi connectivity index (χ2v) is 4.14. The van der Waals surface area contributed by atoms with Gasteiger partial charge in [-0.2, -0.15) is 0 Å². The Balaban J connectivity index is 2.87. The summed E-state index contributed by atoms with van der Waals surface area (Å²) in [6.07, 6.45) is 5.10. The van der Waals surface area contributed by atoms with E-state index in [1.165, 1.54) is 13.2 Å². The third kappa shape index (κ3) is 4.37. The van der Waals surface area contributed by atoms with Crippen LogP contribution in [0, 0.1) is 12.3 Å². The van der Waals surface area contributed by atoms with Gasteiger partial charge in [0, 0.05) is 6.07 Å². The molecule has 0 saturated heterocycles. The minimum atomic E-state index is -1.16. The van der Waals surface area contributed by atoms with E-state index in [4.69, 9.17) is 27.9 Å². The normalized spacial score (nSPS) is 9.45. The summed E-state index contributed by atoms with van der Waals surface area (Å²) in [5.74, 6) is 1.57. The molecule has 0 radical (unpaired) electrons. The van der Waals surface area contributed by atoms with Crippen LogP contribution in [0.3, 0.4) is 0 Å². The molecule has 0 heterocycles. The van der Waals surface area contributed by atoms with Crippen LogP contribution in [0.1, 0.15) is 0 Å². The highest BCUT2D eigenvalue weighted by atomic mass is 35.5. The summed E-state index contributed by atoms with van der Waals surface area (Å²) in [4.78, 5) is 23.6. The van der Waals surface area contributed by atoms with Gasteiger partial charge in [0.15, 0.2) is 0 Å². The van der Waals surface area contributed by atoms with Crippen LogP contribution in [0.25, 0.3) is 0 Å². The number of carbonyl (C=O) groups excluding carboxylic acids is 1. The molecule has 0 atom stereocenters. The molecule has 6 nitrogen and oxygen atoms in total. The van der Waals surface area contributed by atoms with Crippen molar-refractivity contribution in [3.63, 3.8) is 0 Å². The molecule has 0 aliphatic heterocycles. The minimum absolute atomic E-state index is 0.125. The Hall–Kier alpha value is -2.39. The molecule has 1 rings (SSSR count). The van der Waals surface area contributed by atoms with Gasteiger partial charge in [-0.15, -0.1) is 6.42 Å². The Morgan fingerprint density at radius 1 is 1.55 bits per heavy atom. The van der Waals surface area contributed by atoms with Crippen LogP contribution < -0.4 is 10.1 Å². The van der Waals surface area contributed by atoms with E-state index < -0.39 is 18.5 Å². The number of aliphatic carboxylic acids is 1. The molecule has 7 heteroatoms. The molecule has 20 heavy (non-hydrogen) atoms. The Bertz CT molecular complexity index is 554. The molecule has 0 aliphatic carbocycles. The number of methoxy groups -OCH3 is 1. The Kier molecular flexibility index (Phi) is 5.69. The van der Waals surface area contributed by atoms with Gasteiger partial charge in [0.1, 0.15) is 12.3 Å². The Labute approximate surface area is 121 Å². The maximum Gasteiger partial charge on any atom is 0.323 e. The lowest BCUT2D eigenvalue weighted by Gasteiger charge is -2.19. The first-order chi connectivity index (χ1) is 9.47. The van der Waals surface area contributed by atoms with E-state index in [0.717, 1.165) is 4.90 Å². The van der Waals surface area contributed by atoms with Crippen molar-refractivity contribution in [1.82, 2.24) is 4.90 Å². The first kappa shape index (κ1) is 15.7. The van der Waals surface area contributed by atoms with Gasteiger partial charge in [0.2, 0.25) is 0 Å². The number of nitrogens with one attached hydrogen (secondary N) is 1. The third-order valence-corrected chi connectivity index (χ3v) is 2.64. The van der Waals surface area contributed by atoms with E-state index >= 15 is 0 Å². The van der Waals surface area contributed by atoms with Crippen LogP contribution in [-0.4, -0.2) is 42.2 Å². The second-order valence-electron chi connectivity index (χ2n) is 3.73. The lowest BCUT2D eigenvalue weighted by molar-refractivity contribution is -0.137. The lowest BCUT2D eigenvalue weighted by Crippen LogP contribution is -2.39. The van der Waals surface area contributed by atoms with Crippen LogP contribution in [0.4, 0.5) is 10.5 Å². The van der Waals surface area contributed by atoms with Gasteiger partial charge in [-0.3, -0.25) is 4.79 Å². The molecule has 0 fully saturated rings. The fraction of sp³-hybridized carbons (Fsp3) is 0.231. The number of carboxylic acid groups (broad SMARTS) is 1. The number of nitrogens with zero attached hydrogens (tertiary/aromatic N) is 1. The number of benzene rings is 1. The highest BCUT2D eigenvalue weighted by Crippen LogP contribution is 2.26. The molecule has 1 aromatic carbocycles. The molecule has 0 aliphatic rings. The van der Waals surface area contributed by atoms with E-state index in [-0.39, 0.29) is 6.54 Å². The largest absolute Gasteiger partial charge is 0.497 e. The standard InChI is InChI=1S/C13H13ClN2O4/c1-3-6-16(8-12(17)18)13(19)15-11-7-9(20-2)4-5-10(11)14/h1,4-5,7H,6,8H2,2H3,(H,15,19)(H,17,18). The molecular weight excluding hydrogens is 284 g/mol. The van der Waals surface area contributed by atoms with Crippen molar-refractivity contribution in [2.45, 2.75) is 0 Å². The average Bonchev–Trinajstić information content (AvgIpc) is 2.40. The van der Waals surface area contributed by atoms with Crippen LogP contribution in [0.15, 0.2) is 18.2 Å². The Morgan fingerprint density at radius 2 is 2.25 bits per heavy atom. The Morgan fingerprint density at radius 3 is 2.80 bits per heavy atom.